The summed E-state index contributed by atoms with van der Waals surface area (Å²) in [6, 6.07) is 1.42. The molecule has 4 rings (SSSR count). The summed E-state index contributed by atoms with van der Waals surface area (Å²) < 4.78 is 0. The second-order valence-electron chi connectivity index (χ2n) is 9.58. The third kappa shape index (κ3) is 3.04. The van der Waals surface area contributed by atoms with E-state index in [2.05, 4.69) is 40.8 Å². The Labute approximate surface area is 148 Å². The highest BCUT2D eigenvalue weighted by Gasteiger charge is 2.47. The molecule has 4 aliphatic heterocycles. The lowest BCUT2D eigenvalue weighted by Crippen LogP contribution is -2.51. The van der Waals surface area contributed by atoms with Crippen molar-refractivity contribution in [1.29, 1.82) is 0 Å². The Morgan fingerprint density at radius 3 is 2.46 bits per heavy atom. The SMILES string of the molecule is CC(C)N1CCC2(CCCN2CC(C)N2CCC3(CCNC3)C2)C1. The zero-order valence-corrected chi connectivity index (χ0v) is 16.2. The van der Waals surface area contributed by atoms with Crippen LogP contribution in [0.5, 0.6) is 0 Å². The van der Waals surface area contributed by atoms with E-state index in [0.29, 0.717) is 23.0 Å². The van der Waals surface area contributed by atoms with Gasteiger partial charge >= 0.3 is 0 Å². The molecule has 2 spiro atoms. The molecule has 0 aromatic heterocycles. The first kappa shape index (κ1) is 17.3. The van der Waals surface area contributed by atoms with E-state index >= 15 is 0 Å². The van der Waals surface area contributed by atoms with Gasteiger partial charge in [0, 0.05) is 50.3 Å². The van der Waals surface area contributed by atoms with E-state index in [9.17, 15) is 0 Å². The van der Waals surface area contributed by atoms with Crippen LogP contribution in [0.25, 0.3) is 0 Å². The van der Waals surface area contributed by atoms with Crippen LogP contribution in [-0.4, -0.2) is 84.7 Å². The Hall–Kier alpha value is -0.160. The van der Waals surface area contributed by atoms with Crippen LogP contribution in [0.1, 0.15) is 52.9 Å². The smallest absolute Gasteiger partial charge is 0.0349 e. The van der Waals surface area contributed by atoms with Crippen molar-refractivity contribution < 1.29 is 0 Å². The summed E-state index contributed by atoms with van der Waals surface area (Å²) in [4.78, 5) is 8.39. The predicted octanol–water partition coefficient (Wildman–Crippen LogP) is 2.01. The van der Waals surface area contributed by atoms with Gasteiger partial charge in [-0.2, -0.15) is 0 Å². The van der Waals surface area contributed by atoms with Crippen LogP contribution in [0.3, 0.4) is 0 Å². The molecule has 4 fully saturated rings. The van der Waals surface area contributed by atoms with Crippen molar-refractivity contribution in [3.8, 4) is 0 Å². The maximum Gasteiger partial charge on any atom is 0.0349 e. The second-order valence-corrected chi connectivity index (χ2v) is 9.58. The van der Waals surface area contributed by atoms with Gasteiger partial charge in [-0.1, -0.05) is 0 Å². The standard InChI is InChI=1S/C20H38N4/c1-17(2)22-12-8-20(16-22)5-4-10-24(20)13-18(3)23-11-7-19(15-23)6-9-21-14-19/h17-18,21H,4-16H2,1-3H3. The van der Waals surface area contributed by atoms with Crippen LogP contribution in [0, 0.1) is 5.41 Å². The Morgan fingerprint density at radius 2 is 1.75 bits per heavy atom. The average Bonchev–Trinajstić information content (AvgIpc) is 3.32. The van der Waals surface area contributed by atoms with E-state index in [4.69, 9.17) is 0 Å². The van der Waals surface area contributed by atoms with Gasteiger partial charge in [-0.3, -0.25) is 14.7 Å². The Kier molecular flexibility index (Phi) is 4.70. The van der Waals surface area contributed by atoms with E-state index < -0.39 is 0 Å². The Balaban J connectivity index is 1.36. The summed E-state index contributed by atoms with van der Waals surface area (Å²) >= 11 is 0. The van der Waals surface area contributed by atoms with E-state index in [-0.39, 0.29) is 0 Å². The molecule has 4 heterocycles. The van der Waals surface area contributed by atoms with Gasteiger partial charge < -0.3 is 5.32 Å². The predicted molar refractivity (Wildman–Crippen MR) is 100 cm³/mol. The van der Waals surface area contributed by atoms with Crippen LogP contribution in [-0.2, 0) is 0 Å². The molecule has 4 nitrogen and oxygen atoms in total. The van der Waals surface area contributed by atoms with E-state index in [1.807, 2.05) is 0 Å². The highest BCUT2D eigenvalue weighted by Crippen LogP contribution is 2.40. The summed E-state index contributed by atoms with van der Waals surface area (Å²) in [7, 11) is 0. The minimum absolute atomic E-state index is 0.505. The van der Waals surface area contributed by atoms with Crippen molar-refractivity contribution in [3.63, 3.8) is 0 Å². The maximum atomic E-state index is 3.60. The lowest BCUT2D eigenvalue weighted by molar-refractivity contribution is 0.0919. The van der Waals surface area contributed by atoms with Crippen LogP contribution in [0.4, 0.5) is 0 Å². The third-order valence-electron chi connectivity index (χ3n) is 7.74. The average molecular weight is 335 g/mol. The van der Waals surface area contributed by atoms with Gasteiger partial charge in [-0.25, -0.2) is 0 Å². The van der Waals surface area contributed by atoms with Gasteiger partial charge in [-0.15, -0.1) is 0 Å². The largest absolute Gasteiger partial charge is 0.316 e. The highest BCUT2D eigenvalue weighted by molar-refractivity contribution is 5.04. The fourth-order valence-electron chi connectivity index (χ4n) is 5.99. The molecule has 24 heavy (non-hydrogen) atoms. The zero-order chi connectivity index (χ0) is 16.8. The number of nitrogens with one attached hydrogen (secondary N) is 1. The number of rotatable bonds is 4. The van der Waals surface area contributed by atoms with Gasteiger partial charge in [0.15, 0.2) is 0 Å². The van der Waals surface area contributed by atoms with Crippen molar-refractivity contribution in [2.75, 3.05) is 52.4 Å². The van der Waals surface area contributed by atoms with E-state index in [1.54, 1.807) is 0 Å². The number of likely N-dealkylation sites (tertiary alicyclic amines) is 3. The summed E-state index contributed by atoms with van der Waals surface area (Å²) in [6.45, 7) is 17.6. The van der Waals surface area contributed by atoms with Crippen LogP contribution < -0.4 is 5.32 Å². The van der Waals surface area contributed by atoms with Gasteiger partial charge in [0.1, 0.15) is 0 Å². The molecule has 0 bridgehead atoms. The molecular weight excluding hydrogens is 296 g/mol. The normalized spacial score (nSPS) is 40.0. The maximum absolute atomic E-state index is 3.60. The molecule has 1 N–H and O–H groups in total. The first-order valence-electron chi connectivity index (χ1n) is 10.5. The number of nitrogens with zero attached hydrogens (tertiary/aromatic N) is 3. The van der Waals surface area contributed by atoms with Crippen LogP contribution in [0.15, 0.2) is 0 Å². The van der Waals surface area contributed by atoms with Crippen molar-refractivity contribution in [2.45, 2.75) is 70.5 Å². The quantitative estimate of drug-likeness (QED) is 0.849. The zero-order valence-electron chi connectivity index (χ0n) is 16.2. The molecule has 0 amide bonds. The first-order valence-corrected chi connectivity index (χ1v) is 10.5. The summed E-state index contributed by atoms with van der Waals surface area (Å²) in [6.07, 6.45) is 7.04. The lowest BCUT2D eigenvalue weighted by atomic mass is 9.86. The molecule has 0 aromatic carbocycles. The van der Waals surface area contributed by atoms with Crippen molar-refractivity contribution in [2.24, 2.45) is 5.41 Å². The third-order valence-corrected chi connectivity index (χ3v) is 7.74. The van der Waals surface area contributed by atoms with Gasteiger partial charge in [0.25, 0.3) is 0 Å². The van der Waals surface area contributed by atoms with Gasteiger partial charge in [-0.05, 0) is 77.9 Å². The first-order chi connectivity index (χ1) is 11.5. The summed E-state index contributed by atoms with van der Waals surface area (Å²) in [5, 5.41) is 3.60. The fraction of sp³-hybridized carbons (Fsp3) is 1.00. The van der Waals surface area contributed by atoms with Crippen LogP contribution in [0.2, 0.25) is 0 Å². The van der Waals surface area contributed by atoms with E-state index in [0.717, 1.165) is 0 Å². The van der Waals surface area contributed by atoms with Crippen molar-refractivity contribution in [1.82, 2.24) is 20.0 Å². The number of hydrogen-bond donors (Lipinski definition) is 1. The van der Waals surface area contributed by atoms with Crippen LogP contribution >= 0.6 is 0 Å². The topological polar surface area (TPSA) is 21.8 Å². The molecule has 0 radical (unpaired) electrons. The Bertz CT molecular complexity index is 445. The number of hydrogen-bond acceptors (Lipinski definition) is 4. The van der Waals surface area contributed by atoms with Crippen molar-refractivity contribution in [3.05, 3.63) is 0 Å². The van der Waals surface area contributed by atoms with E-state index in [1.165, 1.54) is 84.5 Å². The van der Waals surface area contributed by atoms with Crippen molar-refractivity contribution >= 4 is 0 Å². The molecule has 0 saturated carbocycles. The minimum Gasteiger partial charge on any atom is -0.316 e. The Morgan fingerprint density at radius 1 is 0.917 bits per heavy atom. The monoisotopic (exact) mass is 334 g/mol. The highest BCUT2D eigenvalue weighted by atomic mass is 15.3. The molecule has 3 atom stereocenters. The second kappa shape index (κ2) is 6.53. The molecule has 0 aliphatic carbocycles. The van der Waals surface area contributed by atoms with Gasteiger partial charge in [0.05, 0.1) is 0 Å². The van der Waals surface area contributed by atoms with Gasteiger partial charge in [0.2, 0.25) is 0 Å². The molecule has 3 unspecified atom stereocenters. The minimum atomic E-state index is 0.505. The molecule has 4 saturated heterocycles. The fourth-order valence-corrected chi connectivity index (χ4v) is 5.99. The molecular formula is C20H38N4. The molecule has 0 aromatic rings. The lowest BCUT2D eigenvalue weighted by Gasteiger charge is -2.39. The molecule has 4 heteroatoms. The molecule has 4 aliphatic rings. The molecule has 138 valence electrons. The summed E-state index contributed by atoms with van der Waals surface area (Å²) in [5.74, 6) is 0. The summed E-state index contributed by atoms with van der Waals surface area (Å²) in [5.41, 5.74) is 1.11.